The van der Waals surface area contributed by atoms with Crippen molar-refractivity contribution in [2.24, 2.45) is 0 Å². The summed E-state index contributed by atoms with van der Waals surface area (Å²) in [6, 6.07) is 0. The van der Waals surface area contributed by atoms with Crippen molar-refractivity contribution >= 4 is 39.4 Å². The van der Waals surface area contributed by atoms with Gasteiger partial charge in [-0.3, -0.25) is 19.2 Å². The van der Waals surface area contributed by atoms with Crippen LogP contribution >= 0.6 is 15.9 Å². The third kappa shape index (κ3) is 15.0. The van der Waals surface area contributed by atoms with Gasteiger partial charge in [-0.25, -0.2) is 0 Å². The molecule has 1 unspecified atom stereocenters. The number of Topliss-reactive ketones (excluding diaryl/α,β-unsaturated/α-hetero) is 2. The van der Waals surface area contributed by atoms with E-state index in [0.717, 1.165) is 0 Å². The topological polar surface area (TPSA) is 86.7 Å². The van der Waals surface area contributed by atoms with Gasteiger partial charge in [0.1, 0.15) is 18.6 Å². The minimum Gasteiger partial charge on any atom is -0.466 e. The fourth-order valence-electron chi connectivity index (χ4n) is 0.993. The summed E-state index contributed by atoms with van der Waals surface area (Å²) >= 11 is 3.06. The van der Waals surface area contributed by atoms with E-state index < -0.39 is 11.9 Å². The van der Waals surface area contributed by atoms with Gasteiger partial charge in [-0.2, -0.15) is 0 Å². The molecule has 0 rings (SSSR count). The molecule has 0 aliphatic rings. The molecule has 0 heterocycles. The SMILES string of the molecule is CCOC(=O)CC(=O)C(C)Br.CCOC(=O)CC(=O)CC. The molecule has 0 spiro atoms. The molecule has 0 fully saturated rings. The number of alkyl halides is 1. The third-order valence-electron chi connectivity index (χ3n) is 2.11. The number of hydrogen-bond donors (Lipinski definition) is 0. The van der Waals surface area contributed by atoms with Gasteiger partial charge in [0.25, 0.3) is 0 Å². The fourth-order valence-corrected chi connectivity index (χ4v) is 1.15. The van der Waals surface area contributed by atoms with Crippen LogP contribution in [0.15, 0.2) is 0 Å². The van der Waals surface area contributed by atoms with Crippen LogP contribution in [0.4, 0.5) is 0 Å². The maximum Gasteiger partial charge on any atom is 0.313 e. The number of carbonyl (C=O) groups excluding carboxylic acids is 4. The van der Waals surface area contributed by atoms with Crippen molar-refractivity contribution in [3.63, 3.8) is 0 Å². The molecule has 0 aliphatic carbocycles. The standard InChI is InChI=1S/C7H11BrO3.C7H12O3/c1-3-11-7(10)4-6(9)5(2)8;1-3-6(8)5-7(9)10-4-2/h5H,3-4H2,1-2H3;3-5H2,1-2H3. The van der Waals surface area contributed by atoms with Crippen molar-refractivity contribution < 1.29 is 28.7 Å². The molecule has 0 amide bonds. The molecule has 0 saturated heterocycles. The lowest BCUT2D eigenvalue weighted by Crippen LogP contribution is -2.16. The van der Waals surface area contributed by atoms with Crippen molar-refractivity contribution in [3.8, 4) is 0 Å². The maximum atomic E-state index is 10.9. The van der Waals surface area contributed by atoms with Gasteiger partial charge in [-0.05, 0) is 20.8 Å². The molecule has 21 heavy (non-hydrogen) atoms. The Labute approximate surface area is 133 Å². The molecule has 0 radical (unpaired) electrons. The number of carbonyl (C=O) groups is 4. The second-order valence-corrected chi connectivity index (χ2v) is 5.31. The van der Waals surface area contributed by atoms with Gasteiger partial charge < -0.3 is 9.47 Å². The van der Waals surface area contributed by atoms with Gasteiger partial charge >= 0.3 is 11.9 Å². The summed E-state index contributed by atoms with van der Waals surface area (Å²) in [6.07, 6.45) is 0.184. The summed E-state index contributed by atoms with van der Waals surface area (Å²) in [5, 5.41) is 0. The third-order valence-corrected chi connectivity index (χ3v) is 2.62. The smallest absolute Gasteiger partial charge is 0.313 e. The summed E-state index contributed by atoms with van der Waals surface area (Å²) in [5.41, 5.74) is 0. The molecule has 0 aromatic carbocycles. The van der Waals surface area contributed by atoms with E-state index in [1.807, 2.05) is 0 Å². The average Bonchev–Trinajstić information content (AvgIpc) is 2.39. The van der Waals surface area contributed by atoms with Gasteiger partial charge in [-0.15, -0.1) is 0 Å². The molecule has 0 aromatic rings. The Hall–Kier alpha value is -1.24. The second-order valence-electron chi connectivity index (χ2n) is 3.94. The van der Waals surface area contributed by atoms with Crippen molar-refractivity contribution in [1.82, 2.24) is 0 Å². The van der Waals surface area contributed by atoms with Crippen LogP contribution in [0.3, 0.4) is 0 Å². The lowest BCUT2D eigenvalue weighted by Gasteiger charge is -2.01. The molecular weight excluding hydrogens is 344 g/mol. The number of halogens is 1. The molecule has 1 atom stereocenters. The van der Waals surface area contributed by atoms with Crippen molar-refractivity contribution in [2.45, 2.75) is 51.8 Å². The largest absolute Gasteiger partial charge is 0.466 e. The molecular formula is C14H23BrO6. The lowest BCUT2D eigenvalue weighted by atomic mass is 10.2. The van der Waals surface area contributed by atoms with Crippen molar-refractivity contribution in [1.29, 1.82) is 0 Å². The van der Waals surface area contributed by atoms with Crippen LogP contribution in [0.1, 0.15) is 47.0 Å². The summed E-state index contributed by atoms with van der Waals surface area (Å²) in [5.74, 6) is -1.10. The van der Waals surface area contributed by atoms with Crippen molar-refractivity contribution in [3.05, 3.63) is 0 Å². The molecule has 0 aromatic heterocycles. The molecule has 0 saturated carbocycles. The Bertz CT molecular complexity index is 351. The van der Waals surface area contributed by atoms with Crippen molar-refractivity contribution in [2.75, 3.05) is 13.2 Å². The number of rotatable bonds is 8. The van der Waals surface area contributed by atoms with Gasteiger partial charge in [0.15, 0.2) is 5.78 Å². The summed E-state index contributed by atoms with van der Waals surface area (Å²) in [4.78, 5) is 42.5. The minimum atomic E-state index is -0.455. The summed E-state index contributed by atoms with van der Waals surface area (Å²) in [7, 11) is 0. The molecule has 7 heteroatoms. The van der Waals surface area contributed by atoms with Gasteiger partial charge in [0.2, 0.25) is 0 Å². The first-order valence-corrected chi connectivity index (χ1v) is 7.69. The highest BCUT2D eigenvalue weighted by Gasteiger charge is 2.14. The first-order valence-electron chi connectivity index (χ1n) is 6.78. The molecule has 0 bridgehead atoms. The zero-order valence-electron chi connectivity index (χ0n) is 12.9. The summed E-state index contributed by atoms with van der Waals surface area (Å²) < 4.78 is 9.14. The van der Waals surface area contributed by atoms with Crippen LogP contribution in [0, 0.1) is 0 Å². The predicted molar refractivity (Wildman–Crippen MR) is 81.2 cm³/mol. The molecule has 6 nitrogen and oxygen atoms in total. The fraction of sp³-hybridized carbons (Fsp3) is 0.714. The molecule has 0 N–H and O–H groups in total. The van der Waals surface area contributed by atoms with E-state index in [4.69, 9.17) is 0 Å². The zero-order valence-corrected chi connectivity index (χ0v) is 14.5. The first kappa shape index (κ1) is 22.0. The molecule has 122 valence electrons. The van der Waals surface area contributed by atoms with E-state index >= 15 is 0 Å². The number of ketones is 2. The van der Waals surface area contributed by atoms with E-state index in [1.165, 1.54) is 0 Å². The Morgan fingerprint density at radius 3 is 1.67 bits per heavy atom. The van der Waals surface area contributed by atoms with Crippen LogP contribution in [-0.2, 0) is 28.7 Å². The van der Waals surface area contributed by atoms with Crippen LogP contribution in [0.25, 0.3) is 0 Å². The Kier molecular flexibility index (Phi) is 14.4. The number of esters is 2. The summed E-state index contributed by atoms with van der Waals surface area (Å²) in [6.45, 7) is 7.50. The highest BCUT2D eigenvalue weighted by atomic mass is 79.9. The monoisotopic (exact) mass is 366 g/mol. The quantitative estimate of drug-likeness (QED) is 0.371. The van der Waals surface area contributed by atoms with E-state index in [-0.39, 0.29) is 29.2 Å². The first-order chi connectivity index (χ1) is 9.78. The van der Waals surface area contributed by atoms with Crippen LogP contribution in [0.2, 0.25) is 0 Å². The number of hydrogen-bond acceptors (Lipinski definition) is 6. The van der Waals surface area contributed by atoms with E-state index in [9.17, 15) is 19.2 Å². The Morgan fingerprint density at radius 1 is 0.905 bits per heavy atom. The second kappa shape index (κ2) is 13.7. The van der Waals surface area contributed by atoms with Crippen LogP contribution in [-0.4, -0.2) is 41.5 Å². The normalized spacial score (nSPS) is 10.7. The zero-order chi connectivity index (χ0) is 16.8. The minimum absolute atomic E-state index is 0.0709. The highest BCUT2D eigenvalue weighted by Crippen LogP contribution is 2.02. The van der Waals surface area contributed by atoms with Gasteiger partial charge in [0.05, 0.1) is 18.0 Å². The van der Waals surface area contributed by atoms with E-state index in [2.05, 4.69) is 25.4 Å². The van der Waals surface area contributed by atoms with Crippen LogP contribution in [0.5, 0.6) is 0 Å². The molecule has 0 aliphatic heterocycles. The van der Waals surface area contributed by atoms with E-state index in [1.54, 1.807) is 27.7 Å². The Morgan fingerprint density at radius 2 is 1.33 bits per heavy atom. The van der Waals surface area contributed by atoms with E-state index in [0.29, 0.717) is 19.6 Å². The van der Waals surface area contributed by atoms with Crippen LogP contribution < -0.4 is 0 Å². The Balaban J connectivity index is 0. The predicted octanol–water partition coefficient (Wildman–Crippen LogP) is 2.21. The maximum absolute atomic E-state index is 10.9. The lowest BCUT2D eigenvalue weighted by molar-refractivity contribution is -0.147. The number of ether oxygens (including phenoxy) is 2. The van der Waals surface area contributed by atoms with Gasteiger partial charge in [-0.1, -0.05) is 22.9 Å². The van der Waals surface area contributed by atoms with Gasteiger partial charge in [0, 0.05) is 6.42 Å². The highest BCUT2D eigenvalue weighted by molar-refractivity contribution is 9.10. The average molecular weight is 367 g/mol.